The van der Waals surface area contributed by atoms with Gasteiger partial charge in [0, 0.05) is 10.6 Å². The summed E-state index contributed by atoms with van der Waals surface area (Å²) in [6, 6.07) is 6.78. The van der Waals surface area contributed by atoms with Gasteiger partial charge in [0.25, 0.3) is 5.91 Å². The van der Waals surface area contributed by atoms with Crippen LogP contribution >= 0.6 is 22.9 Å². The third-order valence-electron chi connectivity index (χ3n) is 4.38. The number of fused-ring (bicyclic) bond motifs is 1. The number of carbonyl (C=O) groups excluding carboxylic acids is 1. The summed E-state index contributed by atoms with van der Waals surface area (Å²) in [4.78, 5) is 20.9. The minimum atomic E-state index is -4.79. The molecule has 4 rings (SSSR count). The fourth-order valence-electron chi connectivity index (χ4n) is 2.96. The van der Waals surface area contributed by atoms with Gasteiger partial charge in [0.15, 0.2) is 20.7 Å². The van der Waals surface area contributed by atoms with Gasteiger partial charge in [0.05, 0.1) is 17.6 Å². The van der Waals surface area contributed by atoms with Crippen LogP contribution in [0.3, 0.4) is 0 Å². The van der Waals surface area contributed by atoms with Crippen LogP contribution in [0.5, 0.6) is 0 Å². The predicted molar refractivity (Wildman–Crippen MR) is 115 cm³/mol. The number of carbonyl (C=O) groups is 1. The lowest BCUT2D eigenvalue weighted by atomic mass is 10.1. The number of nitrogens with one attached hydrogen (secondary N) is 1. The van der Waals surface area contributed by atoms with E-state index in [2.05, 4.69) is 20.4 Å². The van der Waals surface area contributed by atoms with E-state index in [0.717, 1.165) is 12.3 Å². The Morgan fingerprint density at radius 1 is 1.21 bits per heavy atom. The first-order valence-electron chi connectivity index (χ1n) is 8.88. The number of benzene rings is 1. The minimum absolute atomic E-state index is 0.0531. The number of anilines is 1. The number of amides is 1. The zero-order chi connectivity index (χ0) is 24.1. The molecule has 0 fully saturated rings. The van der Waals surface area contributed by atoms with E-state index in [9.17, 15) is 26.4 Å². The second kappa shape index (κ2) is 8.06. The van der Waals surface area contributed by atoms with Crippen LogP contribution in [0, 0.1) is 6.92 Å². The van der Waals surface area contributed by atoms with Crippen molar-refractivity contribution in [2.24, 2.45) is 5.14 Å². The van der Waals surface area contributed by atoms with Gasteiger partial charge in [0.1, 0.15) is 5.56 Å². The zero-order valence-corrected chi connectivity index (χ0v) is 18.8. The molecule has 3 heterocycles. The topological polar surface area (TPSA) is 132 Å². The van der Waals surface area contributed by atoms with E-state index in [0.29, 0.717) is 26.4 Å². The highest BCUT2D eigenvalue weighted by Crippen LogP contribution is 2.33. The first kappa shape index (κ1) is 23.1. The molecule has 0 spiro atoms. The number of primary sulfonamides is 1. The van der Waals surface area contributed by atoms with Gasteiger partial charge in [-0.1, -0.05) is 35.1 Å². The molecule has 0 radical (unpaired) electrons. The van der Waals surface area contributed by atoms with Gasteiger partial charge in [-0.3, -0.25) is 10.1 Å². The van der Waals surface area contributed by atoms with Crippen LogP contribution in [0.25, 0.3) is 16.9 Å². The van der Waals surface area contributed by atoms with E-state index in [1.54, 1.807) is 0 Å². The monoisotopic (exact) mass is 516 g/mol. The number of rotatable bonds is 4. The number of nitrogens with zero attached hydrogens (tertiary/aromatic N) is 4. The Labute approximate surface area is 193 Å². The summed E-state index contributed by atoms with van der Waals surface area (Å²) in [6.07, 6.45) is -3.86. The molecule has 0 atom stereocenters. The van der Waals surface area contributed by atoms with Gasteiger partial charge in [-0.2, -0.15) is 18.3 Å². The normalized spacial score (nSPS) is 12.3. The number of sulfonamides is 1. The lowest BCUT2D eigenvalue weighted by molar-refractivity contribution is -0.142. The summed E-state index contributed by atoms with van der Waals surface area (Å²) in [6.45, 7) is 1.39. The fraction of sp³-hybridized carbons (Fsp3) is 0.111. The molecule has 9 nitrogen and oxygen atoms in total. The van der Waals surface area contributed by atoms with Crippen LogP contribution in [0.4, 0.5) is 18.3 Å². The van der Waals surface area contributed by atoms with Gasteiger partial charge in [-0.15, -0.1) is 0 Å². The van der Waals surface area contributed by atoms with Crippen LogP contribution in [0.2, 0.25) is 5.02 Å². The number of aromatic nitrogens is 4. The summed E-state index contributed by atoms with van der Waals surface area (Å²) < 4.78 is 64.5. The van der Waals surface area contributed by atoms with Gasteiger partial charge in [-0.25, -0.2) is 28.0 Å². The number of thiazole rings is 1. The summed E-state index contributed by atoms with van der Waals surface area (Å²) in [5.74, 6) is -0.881. The second-order valence-corrected chi connectivity index (χ2v) is 9.91. The highest BCUT2D eigenvalue weighted by molar-refractivity contribution is 7.91. The lowest BCUT2D eigenvalue weighted by Crippen LogP contribution is -2.15. The molecular weight excluding hydrogens is 505 g/mol. The van der Waals surface area contributed by atoms with E-state index in [-0.39, 0.29) is 31.9 Å². The zero-order valence-electron chi connectivity index (χ0n) is 16.4. The summed E-state index contributed by atoms with van der Waals surface area (Å²) >= 11 is 6.46. The maximum Gasteiger partial charge on any atom is 0.433 e. The molecule has 0 aliphatic heterocycles. The van der Waals surface area contributed by atoms with Crippen LogP contribution < -0.4 is 10.5 Å². The Morgan fingerprint density at radius 2 is 1.88 bits per heavy atom. The second-order valence-electron chi connectivity index (χ2n) is 6.72. The highest BCUT2D eigenvalue weighted by atomic mass is 35.5. The Hall–Kier alpha value is -3.07. The molecule has 33 heavy (non-hydrogen) atoms. The molecule has 1 aromatic carbocycles. The summed E-state index contributed by atoms with van der Waals surface area (Å²) in [5.41, 5.74) is -1.41. The van der Waals surface area contributed by atoms with Crippen LogP contribution in [0.15, 0.2) is 40.7 Å². The van der Waals surface area contributed by atoms with Crippen molar-refractivity contribution in [3.05, 3.63) is 58.5 Å². The molecule has 0 saturated heterocycles. The molecule has 3 aromatic heterocycles. The quantitative estimate of drug-likeness (QED) is 0.424. The van der Waals surface area contributed by atoms with Gasteiger partial charge >= 0.3 is 6.18 Å². The van der Waals surface area contributed by atoms with Crippen molar-refractivity contribution < 1.29 is 26.4 Å². The van der Waals surface area contributed by atoms with E-state index in [1.807, 2.05) is 0 Å². The van der Waals surface area contributed by atoms with E-state index >= 15 is 0 Å². The smallest absolute Gasteiger partial charge is 0.298 e. The number of alkyl halides is 3. The van der Waals surface area contributed by atoms with Crippen molar-refractivity contribution in [1.82, 2.24) is 19.6 Å². The fourth-order valence-corrected chi connectivity index (χ4v) is 4.94. The van der Waals surface area contributed by atoms with Gasteiger partial charge in [-0.05, 0) is 25.1 Å². The van der Waals surface area contributed by atoms with Crippen molar-refractivity contribution in [1.29, 1.82) is 0 Å². The Balaban J connectivity index is 1.81. The molecule has 172 valence electrons. The Morgan fingerprint density at radius 3 is 2.45 bits per heavy atom. The average Bonchev–Trinajstić information content (AvgIpc) is 3.30. The van der Waals surface area contributed by atoms with Gasteiger partial charge < -0.3 is 0 Å². The third kappa shape index (κ3) is 4.55. The molecule has 1 amide bonds. The average molecular weight is 517 g/mol. The van der Waals surface area contributed by atoms with Crippen LogP contribution in [-0.2, 0) is 16.2 Å². The summed E-state index contributed by atoms with van der Waals surface area (Å²) in [5, 5.41) is 11.4. The van der Waals surface area contributed by atoms with Crippen LogP contribution in [-0.4, -0.2) is 33.9 Å². The minimum Gasteiger partial charge on any atom is -0.298 e. The molecule has 4 aromatic rings. The molecule has 15 heteroatoms. The summed E-state index contributed by atoms with van der Waals surface area (Å²) in [7, 11) is -4.06. The largest absolute Gasteiger partial charge is 0.433 e. The van der Waals surface area contributed by atoms with Crippen molar-refractivity contribution in [3.8, 4) is 11.3 Å². The van der Waals surface area contributed by atoms with E-state index in [4.69, 9.17) is 16.7 Å². The molecule has 0 bridgehead atoms. The molecule has 0 unspecified atom stereocenters. The number of aryl methyl sites for hydroxylation is 1. The maximum absolute atomic E-state index is 13.7. The molecule has 0 aliphatic carbocycles. The predicted octanol–water partition coefficient (Wildman–Crippen LogP) is 3.73. The molecular formula is C18H12ClF3N6O3S2. The van der Waals surface area contributed by atoms with E-state index < -0.39 is 27.8 Å². The Kier molecular flexibility index (Phi) is 5.64. The lowest BCUT2D eigenvalue weighted by Gasteiger charge is -2.11. The molecule has 0 aliphatic rings. The van der Waals surface area contributed by atoms with Crippen molar-refractivity contribution in [2.75, 3.05) is 5.32 Å². The first-order valence-corrected chi connectivity index (χ1v) is 11.6. The number of nitrogens with two attached hydrogens (primary N) is 1. The van der Waals surface area contributed by atoms with E-state index in [1.165, 1.54) is 31.2 Å². The highest BCUT2D eigenvalue weighted by Gasteiger charge is 2.36. The number of halogens is 4. The standard InChI is InChI=1S/C18H12ClF3N6O3S2/c1-8-16(33(23,30)31)32-17(25-8)27-15(29)11-7-24-28-13(18(20,21)22)6-12(26-14(11)28)9-2-4-10(19)5-3-9/h2-7H,1H3,(H2,23,30,31)(H,25,27,29). The first-order chi connectivity index (χ1) is 15.3. The Bertz CT molecular complexity index is 1500. The number of hydrogen-bond acceptors (Lipinski definition) is 7. The van der Waals surface area contributed by atoms with Gasteiger partial charge in [0.2, 0.25) is 10.0 Å². The SMILES string of the molecule is Cc1nc(NC(=O)c2cnn3c(C(F)(F)F)cc(-c4ccc(Cl)cc4)nc23)sc1S(N)(=O)=O. The third-order valence-corrected chi connectivity index (χ3v) is 7.26. The van der Waals surface area contributed by atoms with Crippen molar-refractivity contribution >= 4 is 49.6 Å². The molecule has 0 saturated carbocycles. The van der Waals surface area contributed by atoms with Crippen molar-refractivity contribution in [2.45, 2.75) is 17.3 Å². The number of hydrogen-bond donors (Lipinski definition) is 2. The molecule has 3 N–H and O–H groups in total. The van der Waals surface area contributed by atoms with Crippen LogP contribution in [0.1, 0.15) is 21.7 Å². The maximum atomic E-state index is 13.7. The van der Waals surface area contributed by atoms with Crippen molar-refractivity contribution in [3.63, 3.8) is 0 Å².